The van der Waals surface area contributed by atoms with Gasteiger partial charge in [-0.2, -0.15) is 10.2 Å². The number of carboxylic acids is 1. The van der Waals surface area contributed by atoms with E-state index in [1.165, 1.54) is 30.3 Å². The molecule has 4 aromatic heterocycles. The Labute approximate surface area is 299 Å². The van der Waals surface area contributed by atoms with Crippen molar-refractivity contribution in [3.63, 3.8) is 0 Å². The fourth-order valence-corrected chi connectivity index (χ4v) is 4.80. The van der Waals surface area contributed by atoms with Gasteiger partial charge in [0.05, 0.1) is 29.4 Å². The molecule has 2 N–H and O–H groups in total. The number of rotatable bonds is 11. The smallest absolute Gasteiger partial charge is 0.870 e. The second kappa shape index (κ2) is 18.9. The van der Waals surface area contributed by atoms with E-state index in [9.17, 15) is 18.4 Å². The topological polar surface area (TPSA) is 155 Å². The third-order valence-electron chi connectivity index (χ3n) is 7.17. The normalized spacial score (nSPS) is 10.2. The zero-order chi connectivity index (χ0) is 33.9. The molecule has 0 fully saturated rings. The Balaban J connectivity index is 0.000000261. The van der Waals surface area contributed by atoms with Crippen LogP contribution in [0.25, 0.3) is 22.8 Å². The van der Waals surface area contributed by atoms with Crippen molar-refractivity contribution in [2.45, 2.75) is 32.9 Å². The van der Waals surface area contributed by atoms with E-state index in [0.717, 1.165) is 22.5 Å². The van der Waals surface area contributed by atoms with Gasteiger partial charge in [0, 0.05) is 37.6 Å². The molecular weight excluding hydrogens is 641 g/mol. The van der Waals surface area contributed by atoms with Crippen molar-refractivity contribution in [1.29, 1.82) is 0 Å². The summed E-state index contributed by atoms with van der Waals surface area (Å²) in [6, 6.07) is 26.8. The Kier molecular flexibility index (Phi) is 14.7. The summed E-state index contributed by atoms with van der Waals surface area (Å²) in [4.78, 5) is 31.7. The van der Waals surface area contributed by atoms with Crippen molar-refractivity contribution < 1.29 is 52.6 Å². The molecule has 4 heterocycles. The quantitative estimate of drug-likeness (QED) is 0.161. The molecule has 0 saturated heterocycles. The molecule has 0 spiro atoms. The number of nitrogens with zero attached hydrogens (tertiary/aromatic N) is 6. The fourth-order valence-electron chi connectivity index (χ4n) is 4.80. The van der Waals surface area contributed by atoms with Gasteiger partial charge in [-0.25, -0.2) is 18.4 Å². The molecule has 11 nitrogen and oxygen atoms in total. The first kappa shape index (κ1) is 39.0. The van der Waals surface area contributed by atoms with Gasteiger partial charge in [-0.15, -0.1) is 0 Å². The van der Waals surface area contributed by atoms with Gasteiger partial charge in [0.2, 0.25) is 0 Å². The van der Waals surface area contributed by atoms with E-state index >= 15 is 0 Å². The van der Waals surface area contributed by atoms with Gasteiger partial charge in [0.15, 0.2) is 11.4 Å². The van der Waals surface area contributed by atoms with Gasteiger partial charge < -0.3 is 15.3 Å². The van der Waals surface area contributed by atoms with Crippen LogP contribution < -0.4 is 18.9 Å². The Bertz CT molecular complexity index is 1960. The summed E-state index contributed by atoms with van der Waals surface area (Å²) in [6.07, 6.45) is 4.61. The fraction of sp³-hybridized carbons (Fsp3) is 0.167. The standard InChI is InChI=1S/C19H18FN3O2.C17H14FN3O2.Li.H2O/c1-2-25-19(24)17-13-18(16-5-3-4-11-21-16)23(22-17)12-10-14-6-8-15(20)9-7-14;18-13-6-4-12(5-7-13)8-10-21-16(11-15(20-21)17(22)23)14-3-1-2-9-19-14;;/h3-9,11,13H,2,10,12H2,1H3;1-7,9,11H,8,10H2,(H,22,23);;1H2/q;;+1;/p-1. The number of ether oxygens (including phenoxy) is 1. The van der Waals surface area contributed by atoms with Crippen molar-refractivity contribution in [1.82, 2.24) is 29.5 Å². The van der Waals surface area contributed by atoms with E-state index in [1.54, 1.807) is 71.1 Å². The van der Waals surface area contributed by atoms with Crippen LogP contribution in [0.2, 0.25) is 0 Å². The van der Waals surface area contributed by atoms with E-state index in [1.807, 2.05) is 24.3 Å². The molecular formula is C36H33F2LiN6O5. The number of aromatic carboxylic acids is 1. The van der Waals surface area contributed by atoms with Gasteiger partial charge in [-0.1, -0.05) is 36.4 Å². The second-order valence-corrected chi connectivity index (χ2v) is 10.5. The number of hydrogen-bond acceptors (Lipinski definition) is 8. The van der Waals surface area contributed by atoms with Crippen LogP contribution in [0, 0.1) is 11.6 Å². The molecule has 0 aliphatic rings. The van der Waals surface area contributed by atoms with Crippen LogP contribution in [0.15, 0.2) is 109 Å². The average Bonchev–Trinajstić information content (AvgIpc) is 3.74. The SMILES string of the molecule is CCOC(=O)c1cc(-c2ccccn2)n(CCc2ccc(F)cc2)n1.O=C(O)c1cc(-c2ccccn2)n(CCc2ccc(F)cc2)n1.[Li+].[OH-]. The number of aryl methyl sites for hydroxylation is 4. The molecule has 0 unspecified atom stereocenters. The number of benzene rings is 2. The second-order valence-electron chi connectivity index (χ2n) is 10.5. The molecule has 0 saturated carbocycles. The van der Waals surface area contributed by atoms with E-state index in [-0.39, 0.29) is 47.4 Å². The minimum absolute atomic E-state index is 0. The number of carbonyl (C=O) groups excluding carboxylic acids is 1. The Hall–Kier alpha value is -5.48. The zero-order valence-corrected chi connectivity index (χ0v) is 27.5. The van der Waals surface area contributed by atoms with Crippen molar-refractivity contribution in [3.05, 3.63) is 144 Å². The minimum Gasteiger partial charge on any atom is -0.870 e. The zero-order valence-electron chi connectivity index (χ0n) is 27.5. The van der Waals surface area contributed by atoms with E-state index in [2.05, 4.69) is 20.2 Å². The molecule has 0 radical (unpaired) electrons. The van der Waals surface area contributed by atoms with Gasteiger partial charge in [0.25, 0.3) is 0 Å². The number of pyridine rings is 2. The molecule has 0 bridgehead atoms. The first-order chi connectivity index (χ1) is 23.3. The number of aromatic nitrogens is 6. The third-order valence-corrected chi connectivity index (χ3v) is 7.17. The first-order valence-corrected chi connectivity index (χ1v) is 15.2. The molecule has 0 aliphatic heterocycles. The summed E-state index contributed by atoms with van der Waals surface area (Å²) in [6.45, 7) is 3.06. The van der Waals surface area contributed by atoms with Gasteiger partial charge in [-0.3, -0.25) is 19.3 Å². The molecule has 252 valence electrons. The van der Waals surface area contributed by atoms with Crippen LogP contribution >= 0.6 is 0 Å². The van der Waals surface area contributed by atoms with Crippen molar-refractivity contribution >= 4 is 11.9 Å². The van der Waals surface area contributed by atoms with Crippen LogP contribution in [-0.2, 0) is 30.7 Å². The first-order valence-electron chi connectivity index (χ1n) is 15.2. The van der Waals surface area contributed by atoms with Crippen molar-refractivity contribution in [3.8, 4) is 22.8 Å². The van der Waals surface area contributed by atoms with E-state index in [4.69, 9.17) is 9.84 Å². The van der Waals surface area contributed by atoms with Gasteiger partial charge >= 0.3 is 30.8 Å². The number of halogens is 2. The minimum atomic E-state index is -1.08. The number of carbonyl (C=O) groups is 2. The molecule has 6 aromatic rings. The van der Waals surface area contributed by atoms with Crippen molar-refractivity contribution in [2.24, 2.45) is 0 Å². The molecule has 14 heteroatoms. The van der Waals surface area contributed by atoms with E-state index < -0.39 is 11.9 Å². The summed E-state index contributed by atoms with van der Waals surface area (Å²) < 4.78 is 34.3. The summed E-state index contributed by atoms with van der Waals surface area (Å²) in [5.41, 5.74) is 4.94. The summed E-state index contributed by atoms with van der Waals surface area (Å²) >= 11 is 0. The Morgan fingerprint density at radius 3 is 1.54 bits per heavy atom. The predicted octanol–water partition coefficient (Wildman–Crippen LogP) is 3.36. The maximum Gasteiger partial charge on any atom is 1.00 e. The largest absolute Gasteiger partial charge is 1.00 e. The average molecular weight is 675 g/mol. The Morgan fingerprint density at radius 2 is 1.14 bits per heavy atom. The maximum absolute atomic E-state index is 13.0. The maximum atomic E-state index is 13.0. The van der Waals surface area contributed by atoms with Gasteiger partial charge in [0.1, 0.15) is 11.6 Å². The molecule has 0 amide bonds. The van der Waals surface area contributed by atoms with E-state index in [0.29, 0.717) is 43.9 Å². The molecule has 0 aliphatic carbocycles. The van der Waals surface area contributed by atoms with Crippen LogP contribution in [0.1, 0.15) is 39.0 Å². The molecule has 2 aromatic carbocycles. The Morgan fingerprint density at radius 1 is 0.700 bits per heavy atom. The molecule has 0 atom stereocenters. The van der Waals surface area contributed by atoms with Gasteiger partial charge in [-0.05, 0) is 79.4 Å². The van der Waals surface area contributed by atoms with Crippen LogP contribution in [-0.4, -0.2) is 58.7 Å². The van der Waals surface area contributed by atoms with Crippen LogP contribution in [0.4, 0.5) is 8.78 Å². The number of hydrogen-bond donors (Lipinski definition) is 1. The predicted molar refractivity (Wildman–Crippen MR) is 176 cm³/mol. The number of carboxylic acid groups (broad SMARTS) is 1. The molecule has 6 rings (SSSR count). The van der Waals surface area contributed by atoms with Crippen molar-refractivity contribution in [2.75, 3.05) is 6.61 Å². The van der Waals surface area contributed by atoms with Crippen LogP contribution in [0.3, 0.4) is 0 Å². The summed E-state index contributed by atoms with van der Waals surface area (Å²) in [5, 5.41) is 17.6. The third kappa shape index (κ3) is 10.5. The molecule has 50 heavy (non-hydrogen) atoms. The summed E-state index contributed by atoms with van der Waals surface area (Å²) in [7, 11) is 0. The summed E-state index contributed by atoms with van der Waals surface area (Å²) in [5.74, 6) is -2.08. The van der Waals surface area contributed by atoms with Crippen LogP contribution in [0.5, 0.6) is 0 Å². The monoisotopic (exact) mass is 674 g/mol. The number of esters is 1.